The van der Waals surface area contributed by atoms with E-state index in [1.165, 1.54) is 0 Å². The molecular weight excluding hydrogens is 182 g/mol. The molecule has 0 radical (unpaired) electrons. The van der Waals surface area contributed by atoms with Crippen molar-refractivity contribution >= 4 is 5.97 Å². The molecule has 0 aliphatic rings. The number of carboxylic acids is 1. The molecule has 0 bridgehead atoms. The molecule has 1 atom stereocenters. The van der Waals surface area contributed by atoms with E-state index in [4.69, 9.17) is 9.84 Å². The Morgan fingerprint density at radius 3 is 2.29 bits per heavy atom. The fourth-order valence-electron chi connectivity index (χ4n) is 1.12. The zero-order valence-corrected chi connectivity index (χ0v) is 9.70. The van der Waals surface area contributed by atoms with Crippen LogP contribution in [0, 0.1) is 0 Å². The third-order valence-electron chi connectivity index (χ3n) is 2.15. The summed E-state index contributed by atoms with van der Waals surface area (Å²) in [5, 5.41) is 8.75. The van der Waals surface area contributed by atoms with Gasteiger partial charge in [-0.2, -0.15) is 0 Å². The third kappa shape index (κ3) is 5.19. The summed E-state index contributed by atoms with van der Waals surface area (Å²) in [4.78, 5) is 12.5. The number of carbonyl (C=O) groups is 1. The van der Waals surface area contributed by atoms with E-state index in [1.54, 1.807) is 7.11 Å². The summed E-state index contributed by atoms with van der Waals surface area (Å²) >= 11 is 0. The van der Waals surface area contributed by atoms with Crippen LogP contribution in [0.25, 0.3) is 0 Å². The van der Waals surface area contributed by atoms with E-state index in [2.05, 4.69) is 0 Å². The lowest BCUT2D eigenvalue weighted by atomic mass is 10.1. The van der Waals surface area contributed by atoms with Crippen molar-refractivity contribution in [2.45, 2.75) is 39.3 Å². The second kappa shape index (κ2) is 5.32. The highest BCUT2D eigenvalue weighted by Gasteiger charge is 2.24. The number of rotatable bonds is 5. The third-order valence-corrected chi connectivity index (χ3v) is 2.15. The summed E-state index contributed by atoms with van der Waals surface area (Å²) in [7, 11) is 1.63. The van der Waals surface area contributed by atoms with Gasteiger partial charge in [-0.25, -0.2) is 0 Å². The van der Waals surface area contributed by atoms with Gasteiger partial charge in [0.15, 0.2) is 0 Å². The van der Waals surface area contributed by atoms with Crippen LogP contribution in [0.5, 0.6) is 0 Å². The molecule has 1 N–H and O–H groups in total. The van der Waals surface area contributed by atoms with Gasteiger partial charge in [-0.05, 0) is 27.7 Å². The van der Waals surface area contributed by atoms with Gasteiger partial charge in [-0.15, -0.1) is 0 Å². The van der Waals surface area contributed by atoms with Crippen LogP contribution in [0.1, 0.15) is 27.7 Å². The van der Waals surface area contributed by atoms with Gasteiger partial charge in [-0.3, -0.25) is 9.69 Å². The lowest BCUT2D eigenvalue weighted by molar-refractivity contribution is -0.140. The van der Waals surface area contributed by atoms with Crippen LogP contribution < -0.4 is 0 Å². The van der Waals surface area contributed by atoms with Crippen LogP contribution >= 0.6 is 0 Å². The van der Waals surface area contributed by atoms with Gasteiger partial charge in [0.25, 0.3) is 0 Å². The van der Waals surface area contributed by atoms with E-state index in [1.807, 2.05) is 32.6 Å². The summed E-state index contributed by atoms with van der Waals surface area (Å²) in [5.41, 5.74) is -0.148. The molecule has 1 unspecified atom stereocenters. The average molecular weight is 203 g/mol. The van der Waals surface area contributed by atoms with Crippen LogP contribution in [-0.4, -0.2) is 47.8 Å². The van der Waals surface area contributed by atoms with E-state index >= 15 is 0 Å². The topological polar surface area (TPSA) is 49.8 Å². The summed E-state index contributed by atoms with van der Waals surface area (Å²) in [6, 6.07) is 0. The molecule has 0 aromatic carbocycles. The summed E-state index contributed by atoms with van der Waals surface area (Å²) in [6.07, 6.45) is 0.0496. The molecule has 0 aliphatic heterocycles. The predicted molar refractivity (Wildman–Crippen MR) is 55.4 cm³/mol. The fourth-order valence-corrected chi connectivity index (χ4v) is 1.12. The second-order valence-electron chi connectivity index (χ2n) is 4.49. The van der Waals surface area contributed by atoms with Gasteiger partial charge in [0, 0.05) is 19.2 Å². The number of carboxylic acid groups (broad SMARTS) is 1. The first-order valence-electron chi connectivity index (χ1n) is 4.77. The van der Waals surface area contributed by atoms with Gasteiger partial charge < -0.3 is 9.84 Å². The smallest absolute Gasteiger partial charge is 0.317 e. The van der Waals surface area contributed by atoms with Gasteiger partial charge in [0.2, 0.25) is 0 Å². The number of nitrogens with zero attached hydrogens (tertiary/aromatic N) is 1. The molecule has 0 saturated carbocycles. The molecule has 4 heteroatoms. The Labute approximate surface area is 85.9 Å². The SMILES string of the molecule is COC(C)CN(CC(=O)O)C(C)(C)C. The molecule has 4 nitrogen and oxygen atoms in total. The number of methoxy groups -OCH3 is 1. The standard InChI is InChI=1S/C10H21NO3/c1-8(14-5)6-11(7-9(12)13)10(2,3)4/h8H,6-7H2,1-5H3,(H,12,13). The second-order valence-corrected chi connectivity index (χ2v) is 4.49. The van der Waals surface area contributed by atoms with Gasteiger partial charge in [0.05, 0.1) is 12.6 Å². The zero-order chi connectivity index (χ0) is 11.4. The Kier molecular flexibility index (Phi) is 5.08. The molecule has 0 aromatic rings. The molecule has 0 fully saturated rings. The molecule has 0 aliphatic carbocycles. The van der Waals surface area contributed by atoms with Crippen molar-refractivity contribution in [2.75, 3.05) is 20.2 Å². The Bertz CT molecular complexity index is 186. The van der Waals surface area contributed by atoms with Crippen LogP contribution in [0.2, 0.25) is 0 Å². The van der Waals surface area contributed by atoms with E-state index in [9.17, 15) is 4.79 Å². The fraction of sp³-hybridized carbons (Fsp3) is 0.900. The summed E-state index contributed by atoms with van der Waals surface area (Å²) < 4.78 is 5.12. The molecule has 0 heterocycles. The Morgan fingerprint density at radius 2 is 2.00 bits per heavy atom. The van der Waals surface area contributed by atoms with Crippen LogP contribution in [0.4, 0.5) is 0 Å². The van der Waals surface area contributed by atoms with Gasteiger partial charge >= 0.3 is 5.97 Å². The van der Waals surface area contributed by atoms with E-state index in [0.29, 0.717) is 6.54 Å². The van der Waals surface area contributed by atoms with E-state index in [-0.39, 0.29) is 18.2 Å². The molecule has 0 spiro atoms. The van der Waals surface area contributed by atoms with Crippen LogP contribution in [0.3, 0.4) is 0 Å². The number of hydrogen-bond donors (Lipinski definition) is 1. The van der Waals surface area contributed by atoms with Gasteiger partial charge in [-0.1, -0.05) is 0 Å². The quantitative estimate of drug-likeness (QED) is 0.729. The van der Waals surface area contributed by atoms with Crippen molar-refractivity contribution < 1.29 is 14.6 Å². The number of ether oxygens (including phenoxy) is 1. The molecule has 0 aromatic heterocycles. The zero-order valence-electron chi connectivity index (χ0n) is 9.70. The van der Waals surface area contributed by atoms with Crippen molar-refractivity contribution in [3.05, 3.63) is 0 Å². The Morgan fingerprint density at radius 1 is 1.50 bits per heavy atom. The molecule has 0 rings (SSSR count). The van der Waals surface area contributed by atoms with Crippen LogP contribution in [-0.2, 0) is 9.53 Å². The average Bonchev–Trinajstić information content (AvgIpc) is 2.00. The van der Waals surface area contributed by atoms with Crippen LogP contribution in [0.15, 0.2) is 0 Å². The first-order valence-corrected chi connectivity index (χ1v) is 4.77. The monoisotopic (exact) mass is 203 g/mol. The summed E-state index contributed by atoms with van der Waals surface area (Å²) in [6.45, 7) is 8.61. The predicted octanol–water partition coefficient (Wildman–Crippen LogP) is 1.21. The van der Waals surface area contributed by atoms with Crippen molar-refractivity contribution in [3.8, 4) is 0 Å². The molecule has 14 heavy (non-hydrogen) atoms. The van der Waals surface area contributed by atoms with Crippen molar-refractivity contribution in [1.82, 2.24) is 4.90 Å². The highest BCUT2D eigenvalue weighted by atomic mass is 16.5. The van der Waals surface area contributed by atoms with Crippen molar-refractivity contribution in [2.24, 2.45) is 0 Å². The molecular formula is C10H21NO3. The van der Waals surface area contributed by atoms with E-state index in [0.717, 1.165) is 0 Å². The minimum Gasteiger partial charge on any atom is -0.480 e. The summed E-state index contributed by atoms with van der Waals surface area (Å²) in [5.74, 6) is -0.803. The molecule has 0 saturated heterocycles. The van der Waals surface area contributed by atoms with Crippen molar-refractivity contribution in [3.63, 3.8) is 0 Å². The minimum absolute atomic E-state index is 0.0496. The minimum atomic E-state index is -0.803. The Balaban J connectivity index is 4.33. The largest absolute Gasteiger partial charge is 0.480 e. The Hall–Kier alpha value is -0.610. The lowest BCUT2D eigenvalue weighted by Crippen LogP contribution is -2.47. The number of hydrogen-bond acceptors (Lipinski definition) is 3. The highest BCUT2D eigenvalue weighted by Crippen LogP contribution is 2.13. The van der Waals surface area contributed by atoms with E-state index < -0.39 is 5.97 Å². The first kappa shape index (κ1) is 13.4. The maximum atomic E-state index is 10.6. The number of aliphatic carboxylic acids is 1. The molecule has 84 valence electrons. The highest BCUT2D eigenvalue weighted by molar-refractivity contribution is 5.69. The van der Waals surface area contributed by atoms with Gasteiger partial charge in [0.1, 0.15) is 0 Å². The normalized spacial score (nSPS) is 14.4. The van der Waals surface area contributed by atoms with Crippen molar-refractivity contribution in [1.29, 1.82) is 0 Å². The first-order chi connectivity index (χ1) is 6.27. The maximum absolute atomic E-state index is 10.6. The maximum Gasteiger partial charge on any atom is 0.317 e. The lowest BCUT2D eigenvalue weighted by Gasteiger charge is -2.35. The molecule has 0 amide bonds.